The lowest BCUT2D eigenvalue weighted by Crippen LogP contribution is -2.06. The molecule has 2 aromatic rings. The molecule has 0 aliphatic rings. The molecular formula is C13H17N3O2S. The maximum absolute atomic E-state index is 11.8. The highest BCUT2D eigenvalue weighted by Gasteiger charge is 2.19. The second kappa shape index (κ2) is 5.52. The topological polar surface area (TPSA) is 57.0 Å². The van der Waals surface area contributed by atoms with E-state index in [-0.39, 0.29) is 5.97 Å². The number of ether oxygens (including phenoxy) is 1. The average molecular weight is 279 g/mol. The molecule has 6 heteroatoms. The molecule has 5 nitrogen and oxygen atoms in total. The SMILES string of the molecule is CCOC(=O)c1nc(-c2cncn2C(C)C)sc1C. The molecule has 102 valence electrons. The van der Waals surface area contributed by atoms with E-state index in [1.165, 1.54) is 11.3 Å². The molecule has 0 fully saturated rings. The van der Waals surface area contributed by atoms with Gasteiger partial charge in [-0.05, 0) is 27.7 Å². The van der Waals surface area contributed by atoms with Crippen molar-refractivity contribution in [3.63, 3.8) is 0 Å². The molecule has 0 radical (unpaired) electrons. The molecule has 0 saturated heterocycles. The van der Waals surface area contributed by atoms with E-state index < -0.39 is 0 Å². The fourth-order valence-corrected chi connectivity index (χ4v) is 2.69. The van der Waals surface area contributed by atoms with Gasteiger partial charge in [0.2, 0.25) is 0 Å². The summed E-state index contributed by atoms with van der Waals surface area (Å²) in [5, 5.41) is 0.798. The lowest BCUT2D eigenvalue weighted by molar-refractivity contribution is 0.0519. The number of carbonyl (C=O) groups excluding carboxylic acids is 1. The maximum Gasteiger partial charge on any atom is 0.358 e. The minimum Gasteiger partial charge on any atom is -0.461 e. The minimum absolute atomic E-state index is 0.299. The summed E-state index contributed by atoms with van der Waals surface area (Å²) in [4.78, 5) is 21.2. The Morgan fingerprint density at radius 1 is 1.53 bits per heavy atom. The standard InChI is InChI=1S/C13H17N3O2S/c1-5-18-13(17)11-9(4)19-12(15-11)10-6-14-7-16(10)8(2)3/h6-8H,5H2,1-4H3. The van der Waals surface area contributed by atoms with Crippen LogP contribution in [0.25, 0.3) is 10.7 Å². The van der Waals surface area contributed by atoms with Crippen molar-refractivity contribution >= 4 is 17.3 Å². The Hall–Kier alpha value is -1.69. The van der Waals surface area contributed by atoms with Crippen molar-refractivity contribution in [2.45, 2.75) is 33.7 Å². The van der Waals surface area contributed by atoms with E-state index in [1.54, 1.807) is 19.4 Å². The zero-order chi connectivity index (χ0) is 14.0. The average Bonchev–Trinajstić information content (AvgIpc) is 2.94. The summed E-state index contributed by atoms with van der Waals surface area (Å²) in [6.45, 7) is 8.18. The van der Waals surface area contributed by atoms with Crippen LogP contribution in [0, 0.1) is 6.92 Å². The Labute approximate surface area is 116 Å². The predicted octanol–water partition coefficient (Wildman–Crippen LogP) is 3.07. The van der Waals surface area contributed by atoms with Gasteiger partial charge in [0.25, 0.3) is 0 Å². The summed E-state index contributed by atoms with van der Waals surface area (Å²) in [6.07, 6.45) is 3.55. The van der Waals surface area contributed by atoms with Gasteiger partial charge in [-0.3, -0.25) is 0 Å². The summed E-state index contributed by atoms with van der Waals surface area (Å²) in [6, 6.07) is 0.299. The van der Waals surface area contributed by atoms with Crippen molar-refractivity contribution in [2.24, 2.45) is 0 Å². The van der Waals surface area contributed by atoms with E-state index >= 15 is 0 Å². The van der Waals surface area contributed by atoms with Crippen LogP contribution < -0.4 is 0 Å². The number of hydrogen-bond donors (Lipinski definition) is 0. The van der Waals surface area contributed by atoms with E-state index in [9.17, 15) is 4.79 Å². The zero-order valence-electron chi connectivity index (χ0n) is 11.5. The molecule has 0 spiro atoms. The summed E-state index contributed by atoms with van der Waals surface area (Å²) >= 11 is 1.49. The van der Waals surface area contributed by atoms with Crippen LogP contribution in [0.1, 0.15) is 42.2 Å². The summed E-state index contributed by atoms with van der Waals surface area (Å²) in [5.74, 6) is -0.363. The van der Waals surface area contributed by atoms with E-state index in [0.717, 1.165) is 15.6 Å². The molecule has 0 atom stereocenters. The molecule has 19 heavy (non-hydrogen) atoms. The molecule has 0 saturated carbocycles. The van der Waals surface area contributed by atoms with Crippen LogP contribution in [-0.2, 0) is 4.74 Å². The van der Waals surface area contributed by atoms with Gasteiger partial charge in [-0.2, -0.15) is 0 Å². The number of hydrogen-bond acceptors (Lipinski definition) is 5. The predicted molar refractivity (Wildman–Crippen MR) is 74.4 cm³/mol. The van der Waals surface area contributed by atoms with Crippen molar-refractivity contribution < 1.29 is 9.53 Å². The normalized spacial score (nSPS) is 11.0. The number of aryl methyl sites for hydroxylation is 1. The van der Waals surface area contributed by atoms with Crippen molar-refractivity contribution in [3.8, 4) is 10.7 Å². The van der Waals surface area contributed by atoms with Gasteiger partial charge in [0.1, 0.15) is 5.01 Å². The van der Waals surface area contributed by atoms with E-state index in [2.05, 4.69) is 23.8 Å². The Morgan fingerprint density at radius 3 is 2.89 bits per heavy atom. The number of imidazole rings is 1. The highest BCUT2D eigenvalue weighted by molar-refractivity contribution is 7.15. The first-order valence-corrected chi connectivity index (χ1v) is 7.03. The largest absolute Gasteiger partial charge is 0.461 e. The van der Waals surface area contributed by atoms with Gasteiger partial charge in [0, 0.05) is 10.9 Å². The highest BCUT2D eigenvalue weighted by atomic mass is 32.1. The Bertz CT molecular complexity index is 586. The van der Waals surface area contributed by atoms with Crippen molar-refractivity contribution in [3.05, 3.63) is 23.1 Å². The molecule has 0 bridgehead atoms. The Kier molecular flexibility index (Phi) is 3.99. The maximum atomic E-state index is 11.8. The lowest BCUT2D eigenvalue weighted by Gasteiger charge is -2.09. The van der Waals surface area contributed by atoms with Crippen molar-refractivity contribution in [1.29, 1.82) is 0 Å². The van der Waals surface area contributed by atoms with Gasteiger partial charge < -0.3 is 9.30 Å². The van der Waals surface area contributed by atoms with Gasteiger partial charge in [0.05, 0.1) is 24.8 Å². The van der Waals surface area contributed by atoms with Crippen LogP contribution in [0.15, 0.2) is 12.5 Å². The number of aromatic nitrogens is 3. The number of rotatable bonds is 4. The fourth-order valence-electron chi connectivity index (χ4n) is 1.78. The number of carbonyl (C=O) groups is 1. The van der Waals surface area contributed by atoms with Crippen molar-refractivity contribution in [1.82, 2.24) is 14.5 Å². The minimum atomic E-state index is -0.363. The van der Waals surface area contributed by atoms with Crippen LogP contribution in [0.4, 0.5) is 0 Å². The smallest absolute Gasteiger partial charge is 0.358 e. The summed E-state index contributed by atoms with van der Waals surface area (Å²) in [7, 11) is 0. The first kappa shape index (κ1) is 13.7. The Morgan fingerprint density at radius 2 is 2.26 bits per heavy atom. The van der Waals surface area contributed by atoms with Crippen LogP contribution in [0.5, 0.6) is 0 Å². The number of nitrogens with zero attached hydrogens (tertiary/aromatic N) is 3. The van der Waals surface area contributed by atoms with E-state index in [4.69, 9.17) is 4.74 Å². The molecule has 2 rings (SSSR count). The van der Waals surface area contributed by atoms with Gasteiger partial charge in [-0.1, -0.05) is 0 Å². The quantitative estimate of drug-likeness (QED) is 0.807. The van der Waals surface area contributed by atoms with Gasteiger partial charge in [0.15, 0.2) is 5.69 Å². The van der Waals surface area contributed by atoms with Crippen LogP contribution in [0.3, 0.4) is 0 Å². The third-order valence-corrected chi connectivity index (χ3v) is 3.70. The molecule has 0 aliphatic heterocycles. The van der Waals surface area contributed by atoms with Gasteiger partial charge in [-0.25, -0.2) is 14.8 Å². The van der Waals surface area contributed by atoms with Gasteiger partial charge >= 0.3 is 5.97 Å². The second-order valence-corrected chi connectivity index (χ2v) is 5.63. The Balaban J connectivity index is 2.39. The number of esters is 1. The van der Waals surface area contributed by atoms with E-state index in [0.29, 0.717) is 18.3 Å². The zero-order valence-corrected chi connectivity index (χ0v) is 12.3. The number of thiazole rings is 1. The van der Waals surface area contributed by atoms with Gasteiger partial charge in [-0.15, -0.1) is 11.3 Å². The molecule has 0 aliphatic carbocycles. The molecule has 0 aromatic carbocycles. The molecule has 0 N–H and O–H groups in total. The fraction of sp³-hybridized carbons (Fsp3) is 0.462. The van der Waals surface area contributed by atoms with Crippen LogP contribution in [-0.4, -0.2) is 27.1 Å². The first-order valence-electron chi connectivity index (χ1n) is 6.21. The lowest BCUT2D eigenvalue weighted by atomic mass is 10.3. The summed E-state index contributed by atoms with van der Waals surface area (Å²) < 4.78 is 7.03. The summed E-state index contributed by atoms with van der Waals surface area (Å²) in [5.41, 5.74) is 1.33. The second-order valence-electron chi connectivity index (χ2n) is 4.42. The first-order chi connectivity index (χ1) is 9.04. The van der Waals surface area contributed by atoms with Crippen molar-refractivity contribution in [2.75, 3.05) is 6.61 Å². The monoisotopic (exact) mass is 279 g/mol. The molecule has 2 aromatic heterocycles. The highest BCUT2D eigenvalue weighted by Crippen LogP contribution is 2.29. The van der Waals surface area contributed by atoms with E-state index in [1.807, 2.05) is 11.5 Å². The van der Waals surface area contributed by atoms with Crippen LogP contribution >= 0.6 is 11.3 Å². The molecule has 0 amide bonds. The third kappa shape index (κ3) is 2.68. The van der Waals surface area contributed by atoms with Crippen LogP contribution in [0.2, 0.25) is 0 Å². The third-order valence-electron chi connectivity index (χ3n) is 2.71. The molecule has 0 unspecified atom stereocenters. The molecular weight excluding hydrogens is 262 g/mol. The molecule has 2 heterocycles.